The molecule has 0 fully saturated rings. The van der Waals surface area contributed by atoms with E-state index in [0.717, 1.165) is 38.7 Å². The molecule has 0 bridgehead atoms. The molecular formula is C23H19N3O2S. The summed E-state index contributed by atoms with van der Waals surface area (Å²) in [6, 6.07) is 17.9. The van der Waals surface area contributed by atoms with E-state index in [9.17, 15) is 9.59 Å². The lowest BCUT2D eigenvalue weighted by Gasteiger charge is -2.17. The molecule has 5 rings (SSSR count). The van der Waals surface area contributed by atoms with Crippen LogP contribution in [-0.4, -0.2) is 22.0 Å². The van der Waals surface area contributed by atoms with E-state index in [1.165, 1.54) is 0 Å². The minimum atomic E-state index is -0.319. The number of fused-ring (bicyclic) bond motifs is 5. The average Bonchev–Trinajstić information content (AvgIpc) is 3.23. The van der Waals surface area contributed by atoms with Gasteiger partial charge in [0.15, 0.2) is 0 Å². The van der Waals surface area contributed by atoms with Crippen LogP contribution in [0.15, 0.2) is 54.6 Å². The third kappa shape index (κ3) is 2.49. The molecule has 0 atom stereocenters. The van der Waals surface area contributed by atoms with Crippen LogP contribution in [0.2, 0.25) is 0 Å². The van der Waals surface area contributed by atoms with Gasteiger partial charge in [-0.15, -0.1) is 0 Å². The molecule has 1 aliphatic rings. The van der Waals surface area contributed by atoms with Gasteiger partial charge in [0.2, 0.25) is 0 Å². The van der Waals surface area contributed by atoms with E-state index < -0.39 is 0 Å². The number of aromatic nitrogens is 1. The molecule has 2 amide bonds. The maximum absolute atomic E-state index is 12.8. The topological polar surface area (TPSA) is 63.1 Å². The Morgan fingerprint density at radius 1 is 0.966 bits per heavy atom. The largest absolute Gasteiger partial charge is 0.354 e. The zero-order chi connectivity index (χ0) is 20.1. The summed E-state index contributed by atoms with van der Waals surface area (Å²) in [7, 11) is 0. The maximum Gasteiger partial charge on any atom is 0.259 e. The van der Waals surface area contributed by atoms with Crippen LogP contribution in [0, 0.1) is 0 Å². The molecule has 6 heteroatoms. The molecule has 1 aliphatic heterocycles. The van der Waals surface area contributed by atoms with Crippen molar-refractivity contribution < 1.29 is 9.59 Å². The van der Waals surface area contributed by atoms with Gasteiger partial charge >= 0.3 is 0 Å². The highest BCUT2D eigenvalue weighted by Crippen LogP contribution is 2.44. The Labute approximate surface area is 172 Å². The van der Waals surface area contributed by atoms with Gasteiger partial charge in [-0.1, -0.05) is 43.3 Å². The monoisotopic (exact) mass is 401 g/mol. The number of hydrogen-bond acceptors (Lipinski definition) is 4. The van der Waals surface area contributed by atoms with E-state index in [2.05, 4.69) is 14.6 Å². The van der Waals surface area contributed by atoms with Crippen molar-refractivity contribution in [2.24, 2.45) is 0 Å². The van der Waals surface area contributed by atoms with Gasteiger partial charge in [0.1, 0.15) is 0 Å². The number of para-hydroxylation sites is 2. The SMILES string of the molecule is CCc1c2c(c3c4ccccc4n(SC)c3c1Nc1ccccc1)C(=O)NC2=O. The molecule has 1 aromatic heterocycles. The van der Waals surface area contributed by atoms with Crippen molar-refractivity contribution in [3.8, 4) is 0 Å². The zero-order valence-electron chi connectivity index (χ0n) is 16.1. The molecule has 0 spiro atoms. The molecule has 4 aromatic rings. The maximum atomic E-state index is 12.8. The highest BCUT2D eigenvalue weighted by molar-refractivity contribution is 7.97. The summed E-state index contributed by atoms with van der Waals surface area (Å²) in [4.78, 5) is 25.5. The molecule has 2 heterocycles. The van der Waals surface area contributed by atoms with Crippen LogP contribution in [0.4, 0.5) is 11.4 Å². The standard InChI is InChI=1S/C23H19N3O2S/c1-3-14-18-19(23(28)25-22(18)27)17-15-11-7-8-12-16(15)26(29-2)21(17)20(14)24-13-9-5-4-6-10-13/h4-12,24H,3H2,1-2H3,(H,25,27,28). The van der Waals surface area contributed by atoms with Gasteiger partial charge in [-0.05, 0) is 42.1 Å². The number of nitrogens with zero attached hydrogens (tertiary/aromatic N) is 1. The Balaban J connectivity index is 2.00. The number of carbonyl (C=O) groups excluding carboxylic acids is 2. The summed E-state index contributed by atoms with van der Waals surface area (Å²) >= 11 is 1.59. The number of rotatable bonds is 4. The molecule has 0 saturated heterocycles. The highest BCUT2D eigenvalue weighted by Gasteiger charge is 2.36. The van der Waals surface area contributed by atoms with Crippen molar-refractivity contribution in [2.75, 3.05) is 11.6 Å². The fraction of sp³-hybridized carbons (Fsp3) is 0.130. The summed E-state index contributed by atoms with van der Waals surface area (Å²) in [5.41, 5.74) is 5.61. The number of benzene rings is 3. The molecule has 0 radical (unpaired) electrons. The van der Waals surface area contributed by atoms with Crippen LogP contribution < -0.4 is 10.6 Å². The smallest absolute Gasteiger partial charge is 0.259 e. The van der Waals surface area contributed by atoms with Gasteiger partial charge in [-0.25, -0.2) is 0 Å². The number of anilines is 2. The lowest BCUT2D eigenvalue weighted by Crippen LogP contribution is -2.20. The fourth-order valence-corrected chi connectivity index (χ4v) is 5.01. The van der Waals surface area contributed by atoms with Crippen molar-refractivity contribution in [1.29, 1.82) is 0 Å². The van der Waals surface area contributed by atoms with E-state index in [1.807, 2.05) is 67.8 Å². The van der Waals surface area contributed by atoms with Gasteiger partial charge in [0.05, 0.1) is 27.8 Å². The first-order valence-electron chi connectivity index (χ1n) is 9.49. The van der Waals surface area contributed by atoms with Gasteiger partial charge in [-0.2, -0.15) is 0 Å². The second-order valence-corrected chi connectivity index (χ2v) is 7.68. The van der Waals surface area contributed by atoms with E-state index in [4.69, 9.17) is 0 Å². The molecule has 3 aromatic carbocycles. The molecule has 5 nitrogen and oxygen atoms in total. The highest BCUT2D eigenvalue weighted by atomic mass is 32.2. The Morgan fingerprint density at radius 2 is 1.66 bits per heavy atom. The van der Waals surface area contributed by atoms with Gasteiger partial charge in [0, 0.05) is 22.7 Å². The third-order valence-electron chi connectivity index (χ3n) is 5.43. The van der Waals surface area contributed by atoms with Crippen LogP contribution in [0.25, 0.3) is 21.8 Å². The first-order chi connectivity index (χ1) is 14.2. The Kier molecular flexibility index (Phi) is 4.10. The molecule has 0 unspecified atom stereocenters. The second-order valence-electron chi connectivity index (χ2n) is 6.95. The summed E-state index contributed by atoms with van der Waals surface area (Å²) in [6.45, 7) is 2.01. The lowest BCUT2D eigenvalue weighted by atomic mass is 9.93. The number of carbonyl (C=O) groups is 2. The van der Waals surface area contributed by atoms with Crippen LogP contribution in [0.3, 0.4) is 0 Å². The predicted molar refractivity (Wildman–Crippen MR) is 119 cm³/mol. The summed E-state index contributed by atoms with van der Waals surface area (Å²) in [5.74, 6) is -0.638. The predicted octanol–water partition coefficient (Wildman–Crippen LogP) is 5.11. The number of imide groups is 1. The third-order valence-corrected chi connectivity index (χ3v) is 6.18. The summed E-state index contributed by atoms with van der Waals surface area (Å²) in [6.07, 6.45) is 2.65. The minimum Gasteiger partial charge on any atom is -0.354 e. The number of nitrogens with one attached hydrogen (secondary N) is 2. The molecule has 0 aliphatic carbocycles. The van der Waals surface area contributed by atoms with Crippen LogP contribution in [-0.2, 0) is 6.42 Å². The number of hydrogen-bond donors (Lipinski definition) is 2. The van der Waals surface area contributed by atoms with Gasteiger partial charge in [0.25, 0.3) is 11.8 Å². The van der Waals surface area contributed by atoms with E-state index in [1.54, 1.807) is 11.9 Å². The van der Waals surface area contributed by atoms with Crippen molar-refractivity contribution in [2.45, 2.75) is 13.3 Å². The lowest BCUT2D eigenvalue weighted by molar-refractivity contribution is 0.0880. The van der Waals surface area contributed by atoms with Gasteiger partial charge < -0.3 is 5.32 Å². The van der Waals surface area contributed by atoms with Crippen LogP contribution in [0.1, 0.15) is 33.2 Å². The van der Waals surface area contributed by atoms with Gasteiger partial charge in [-0.3, -0.25) is 18.9 Å². The first-order valence-corrected chi connectivity index (χ1v) is 10.7. The second kappa shape index (κ2) is 6.67. The zero-order valence-corrected chi connectivity index (χ0v) is 16.9. The minimum absolute atomic E-state index is 0.319. The molecule has 144 valence electrons. The molecule has 2 N–H and O–H groups in total. The Bertz CT molecular complexity index is 1310. The average molecular weight is 401 g/mol. The van der Waals surface area contributed by atoms with E-state index in [0.29, 0.717) is 17.5 Å². The summed E-state index contributed by atoms with van der Waals surface area (Å²) in [5, 5.41) is 7.84. The number of amides is 2. The Hall–Kier alpha value is -3.25. The Morgan fingerprint density at radius 3 is 2.38 bits per heavy atom. The summed E-state index contributed by atoms with van der Waals surface area (Å²) < 4.78 is 2.14. The van der Waals surface area contributed by atoms with Crippen molar-refractivity contribution in [3.63, 3.8) is 0 Å². The fourth-order valence-electron chi connectivity index (χ4n) is 4.28. The molecule has 0 saturated carbocycles. The van der Waals surface area contributed by atoms with E-state index in [-0.39, 0.29) is 11.8 Å². The quantitative estimate of drug-likeness (QED) is 0.467. The van der Waals surface area contributed by atoms with E-state index >= 15 is 0 Å². The normalized spacial score (nSPS) is 13.2. The van der Waals surface area contributed by atoms with Crippen molar-refractivity contribution in [1.82, 2.24) is 9.29 Å². The van der Waals surface area contributed by atoms with Crippen molar-refractivity contribution >= 4 is 56.9 Å². The van der Waals surface area contributed by atoms with Crippen molar-refractivity contribution in [3.05, 3.63) is 71.3 Å². The van der Waals surface area contributed by atoms with Crippen LogP contribution in [0.5, 0.6) is 0 Å². The van der Waals surface area contributed by atoms with Crippen LogP contribution >= 0.6 is 11.9 Å². The molecule has 29 heavy (non-hydrogen) atoms. The first kappa shape index (κ1) is 17.8. The molecular weight excluding hydrogens is 382 g/mol.